The van der Waals surface area contributed by atoms with Crippen LogP contribution in [0, 0.1) is 0 Å². The first-order valence-corrected chi connectivity index (χ1v) is 9.20. The number of hydrogen-bond acceptors (Lipinski definition) is 4. The van der Waals surface area contributed by atoms with E-state index in [1.807, 2.05) is 60.7 Å². The lowest BCUT2D eigenvalue weighted by Crippen LogP contribution is -2.17. The number of amides is 1. The fourth-order valence-corrected chi connectivity index (χ4v) is 3.02. The Morgan fingerprint density at radius 1 is 0.964 bits per heavy atom. The average molecular weight is 374 g/mol. The number of nitrogens with one attached hydrogen (secondary N) is 1. The van der Waals surface area contributed by atoms with Gasteiger partial charge in [-0.1, -0.05) is 60.7 Å². The monoisotopic (exact) mass is 374 g/mol. The summed E-state index contributed by atoms with van der Waals surface area (Å²) >= 11 is 0. The SMILES string of the molecule is CCOC(=O)c1ccnc(NC(=O)CC(c2ccccc2)c2ccccc2)c1. The number of esters is 1. The normalized spacial score (nSPS) is 10.5. The maximum absolute atomic E-state index is 12.7. The number of rotatable bonds is 7. The van der Waals surface area contributed by atoms with Gasteiger partial charge in [-0.25, -0.2) is 9.78 Å². The fraction of sp³-hybridized carbons (Fsp3) is 0.174. The van der Waals surface area contributed by atoms with Crippen LogP contribution in [0.25, 0.3) is 0 Å². The van der Waals surface area contributed by atoms with Gasteiger partial charge in [-0.05, 0) is 30.2 Å². The molecule has 3 aromatic rings. The molecule has 28 heavy (non-hydrogen) atoms. The highest BCUT2D eigenvalue weighted by Crippen LogP contribution is 2.28. The standard InChI is InChI=1S/C23H22N2O3/c1-2-28-23(27)19-13-14-24-21(15-19)25-22(26)16-20(17-9-5-3-6-10-17)18-11-7-4-8-12-18/h3-15,20H,2,16H2,1H3,(H,24,25,26). The summed E-state index contributed by atoms with van der Waals surface area (Å²) < 4.78 is 4.99. The van der Waals surface area contributed by atoms with Gasteiger partial charge < -0.3 is 10.1 Å². The van der Waals surface area contributed by atoms with Gasteiger partial charge >= 0.3 is 5.97 Å². The highest BCUT2D eigenvalue weighted by molar-refractivity contribution is 5.94. The number of hydrogen-bond donors (Lipinski definition) is 1. The lowest BCUT2D eigenvalue weighted by Gasteiger charge is -2.18. The van der Waals surface area contributed by atoms with Crippen molar-refractivity contribution in [2.45, 2.75) is 19.3 Å². The third-order valence-corrected chi connectivity index (χ3v) is 4.33. The Morgan fingerprint density at radius 3 is 2.14 bits per heavy atom. The van der Waals surface area contributed by atoms with E-state index in [-0.39, 0.29) is 18.2 Å². The van der Waals surface area contributed by atoms with E-state index < -0.39 is 5.97 Å². The number of pyridine rings is 1. The Bertz CT molecular complexity index is 887. The first-order valence-electron chi connectivity index (χ1n) is 9.20. The molecule has 0 unspecified atom stereocenters. The summed E-state index contributed by atoms with van der Waals surface area (Å²) in [5, 5.41) is 2.79. The molecule has 2 aromatic carbocycles. The summed E-state index contributed by atoms with van der Waals surface area (Å²) in [6.45, 7) is 2.04. The zero-order valence-electron chi connectivity index (χ0n) is 15.7. The van der Waals surface area contributed by atoms with Crippen LogP contribution in [-0.4, -0.2) is 23.5 Å². The minimum atomic E-state index is -0.438. The molecule has 1 aromatic heterocycles. The summed E-state index contributed by atoms with van der Waals surface area (Å²) in [7, 11) is 0. The van der Waals surface area contributed by atoms with Crippen molar-refractivity contribution in [3.63, 3.8) is 0 Å². The van der Waals surface area contributed by atoms with Crippen LogP contribution in [0.3, 0.4) is 0 Å². The van der Waals surface area contributed by atoms with E-state index in [0.29, 0.717) is 18.0 Å². The molecule has 3 rings (SSSR count). The van der Waals surface area contributed by atoms with Crippen LogP contribution in [0.2, 0.25) is 0 Å². The van der Waals surface area contributed by atoms with Gasteiger partial charge in [0.25, 0.3) is 0 Å². The molecule has 1 N–H and O–H groups in total. The van der Waals surface area contributed by atoms with Crippen molar-refractivity contribution >= 4 is 17.7 Å². The van der Waals surface area contributed by atoms with Crippen LogP contribution in [-0.2, 0) is 9.53 Å². The van der Waals surface area contributed by atoms with Gasteiger partial charge in [0, 0.05) is 18.5 Å². The highest BCUT2D eigenvalue weighted by atomic mass is 16.5. The summed E-state index contributed by atoms with van der Waals surface area (Å²) in [5.41, 5.74) is 2.49. The molecular weight excluding hydrogens is 352 g/mol. The third kappa shape index (κ3) is 5.04. The van der Waals surface area contributed by atoms with Crippen molar-refractivity contribution in [3.8, 4) is 0 Å². The smallest absolute Gasteiger partial charge is 0.338 e. The highest BCUT2D eigenvalue weighted by Gasteiger charge is 2.19. The van der Waals surface area contributed by atoms with Crippen LogP contribution in [0.1, 0.15) is 40.7 Å². The number of carbonyl (C=O) groups excluding carboxylic acids is 2. The summed E-state index contributed by atoms with van der Waals surface area (Å²) in [6.07, 6.45) is 1.74. The van der Waals surface area contributed by atoms with Gasteiger partial charge in [0.05, 0.1) is 12.2 Å². The molecule has 142 valence electrons. The molecule has 0 aliphatic carbocycles. The lowest BCUT2D eigenvalue weighted by molar-refractivity contribution is -0.116. The quantitative estimate of drug-likeness (QED) is 0.622. The van der Waals surface area contributed by atoms with E-state index >= 15 is 0 Å². The second kappa shape index (κ2) is 9.46. The van der Waals surface area contributed by atoms with Crippen LogP contribution in [0.5, 0.6) is 0 Å². The predicted octanol–water partition coefficient (Wildman–Crippen LogP) is 4.42. The molecule has 1 heterocycles. The zero-order valence-corrected chi connectivity index (χ0v) is 15.7. The van der Waals surface area contributed by atoms with Crippen molar-refractivity contribution in [3.05, 3.63) is 95.7 Å². The molecule has 1 amide bonds. The van der Waals surface area contributed by atoms with Gasteiger partial charge in [0.2, 0.25) is 5.91 Å². The summed E-state index contributed by atoms with van der Waals surface area (Å²) in [5.74, 6) is -0.357. The maximum atomic E-state index is 12.7. The van der Waals surface area contributed by atoms with E-state index in [2.05, 4.69) is 10.3 Å². The molecule has 0 radical (unpaired) electrons. The Balaban J connectivity index is 1.76. The first kappa shape index (κ1) is 19.3. The van der Waals surface area contributed by atoms with Gasteiger partial charge in [0.1, 0.15) is 5.82 Å². The Morgan fingerprint density at radius 2 is 1.57 bits per heavy atom. The molecule has 0 aliphatic heterocycles. The molecule has 0 aliphatic rings. The maximum Gasteiger partial charge on any atom is 0.338 e. The molecule has 0 atom stereocenters. The second-order valence-corrected chi connectivity index (χ2v) is 6.28. The van der Waals surface area contributed by atoms with Crippen molar-refractivity contribution in [1.29, 1.82) is 0 Å². The molecule has 0 saturated heterocycles. The molecule has 0 saturated carbocycles. The van der Waals surface area contributed by atoms with Crippen molar-refractivity contribution < 1.29 is 14.3 Å². The zero-order chi connectivity index (χ0) is 19.8. The predicted molar refractivity (Wildman–Crippen MR) is 108 cm³/mol. The molecule has 5 nitrogen and oxygen atoms in total. The first-order chi connectivity index (χ1) is 13.7. The Labute approximate surface area is 164 Å². The van der Waals surface area contributed by atoms with Crippen LogP contribution >= 0.6 is 0 Å². The second-order valence-electron chi connectivity index (χ2n) is 6.28. The van der Waals surface area contributed by atoms with Crippen molar-refractivity contribution in [2.24, 2.45) is 0 Å². The van der Waals surface area contributed by atoms with E-state index in [1.165, 1.54) is 12.3 Å². The number of benzene rings is 2. The van der Waals surface area contributed by atoms with Crippen LogP contribution in [0.4, 0.5) is 5.82 Å². The number of aromatic nitrogens is 1. The largest absolute Gasteiger partial charge is 0.462 e. The number of nitrogens with zero attached hydrogens (tertiary/aromatic N) is 1. The van der Waals surface area contributed by atoms with Gasteiger partial charge in [-0.2, -0.15) is 0 Å². The average Bonchev–Trinajstić information content (AvgIpc) is 2.73. The summed E-state index contributed by atoms with van der Waals surface area (Å²) in [6, 6.07) is 22.9. The molecule has 5 heteroatoms. The minimum absolute atomic E-state index is 0.0735. The number of anilines is 1. The molecule has 0 bridgehead atoms. The van der Waals surface area contributed by atoms with E-state index in [9.17, 15) is 9.59 Å². The van der Waals surface area contributed by atoms with Gasteiger partial charge in [-0.3, -0.25) is 4.79 Å². The third-order valence-electron chi connectivity index (χ3n) is 4.33. The Hall–Kier alpha value is -3.47. The topological polar surface area (TPSA) is 68.3 Å². The van der Waals surface area contributed by atoms with Gasteiger partial charge in [0.15, 0.2) is 0 Å². The van der Waals surface area contributed by atoms with Crippen LogP contribution < -0.4 is 5.32 Å². The van der Waals surface area contributed by atoms with E-state index in [0.717, 1.165) is 11.1 Å². The minimum Gasteiger partial charge on any atom is -0.462 e. The number of carbonyl (C=O) groups is 2. The van der Waals surface area contributed by atoms with E-state index in [1.54, 1.807) is 13.0 Å². The molecular formula is C23H22N2O3. The van der Waals surface area contributed by atoms with Crippen LogP contribution in [0.15, 0.2) is 79.0 Å². The Kier molecular flexibility index (Phi) is 6.52. The number of ether oxygens (including phenoxy) is 1. The van der Waals surface area contributed by atoms with Gasteiger partial charge in [-0.15, -0.1) is 0 Å². The lowest BCUT2D eigenvalue weighted by atomic mass is 9.88. The molecule has 0 fully saturated rings. The summed E-state index contributed by atoms with van der Waals surface area (Å²) in [4.78, 5) is 28.7. The van der Waals surface area contributed by atoms with E-state index in [4.69, 9.17) is 4.74 Å². The van der Waals surface area contributed by atoms with Crippen molar-refractivity contribution in [2.75, 3.05) is 11.9 Å². The molecule has 0 spiro atoms. The van der Waals surface area contributed by atoms with Crippen molar-refractivity contribution in [1.82, 2.24) is 4.98 Å². The fourth-order valence-electron chi connectivity index (χ4n) is 3.02.